The van der Waals surface area contributed by atoms with E-state index in [1.54, 1.807) is 29.2 Å². The third-order valence-electron chi connectivity index (χ3n) is 4.53. The molecule has 28 heavy (non-hydrogen) atoms. The van der Waals surface area contributed by atoms with E-state index in [1.165, 1.54) is 25.2 Å². The molecule has 0 spiro atoms. The van der Waals surface area contributed by atoms with E-state index >= 15 is 0 Å². The maximum Gasteiger partial charge on any atom is 0.275 e. The molecule has 1 aromatic heterocycles. The Morgan fingerprint density at radius 1 is 1.11 bits per heavy atom. The van der Waals surface area contributed by atoms with Gasteiger partial charge in [0.05, 0.1) is 12.1 Å². The van der Waals surface area contributed by atoms with Crippen molar-refractivity contribution >= 4 is 16.7 Å². The summed E-state index contributed by atoms with van der Waals surface area (Å²) >= 11 is 0. The zero-order chi connectivity index (χ0) is 20.3. The zero-order valence-electron chi connectivity index (χ0n) is 15.6. The van der Waals surface area contributed by atoms with E-state index in [-0.39, 0.29) is 30.0 Å². The van der Waals surface area contributed by atoms with Crippen LogP contribution in [0.2, 0.25) is 0 Å². The Bertz CT molecular complexity index is 1060. The van der Waals surface area contributed by atoms with Gasteiger partial charge in [-0.3, -0.25) is 14.5 Å². The quantitative estimate of drug-likeness (QED) is 0.707. The topological polar surface area (TPSA) is 67.2 Å². The molecule has 6 nitrogen and oxygen atoms in total. The van der Waals surface area contributed by atoms with E-state index in [1.807, 2.05) is 6.92 Å². The highest BCUT2D eigenvalue weighted by Gasteiger charge is 2.18. The largest absolute Gasteiger partial charge is 0.354 e. The first-order valence-electron chi connectivity index (χ1n) is 8.83. The van der Waals surface area contributed by atoms with Crippen molar-refractivity contribution in [3.8, 4) is 0 Å². The number of amides is 1. The van der Waals surface area contributed by atoms with Gasteiger partial charge in [0.1, 0.15) is 11.6 Å². The van der Waals surface area contributed by atoms with Crippen LogP contribution >= 0.6 is 0 Å². The molecule has 0 aliphatic heterocycles. The van der Waals surface area contributed by atoms with Gasteiger partial charge >= 0.3 is 0 Å². The summed E-state index contributed by atoms with van der Waals surface area (Å²) in [6.07, 6.45) is 0. The van der Waals surface area contributed by atoms with Crippen molar-refractivity contribution < 1.29 is 13.6 Å². The molecular formula is C20H20F2N4O2. The molecule has 1 amide bonds. The molecule has 0 saturated carbocycles. The summed E-state index contributed by atoms with van der Waals surface area (Å²) in [4.78, 5) is 26.7. The highest BCUT2D eigenvalue weighted by Crippen LogP contribution is 2.16. The summed E-state index contributed by atoms with van der Waals surface area (Å²) < 4.78 is 29.1. The molecule has 0 saturated heterocycles. The molecule has 0 atom stereocenters. The lowest BCUT2D eigenvalue weighted by Gasteiger charge is -2.22. The Morgan fingerprint density at radius 2 is 1.75 bits per heavy atom. The smallest absolute Gasteiger partial charge is 0.275 e. The van der Waals surface area contributed by atoms with E-state index in [2.05, 4.69) is 10.4 Å². The second kappa shape index (κ2) is 8.26. The fourth-order valence-electron chi connectivity index (χ4n) is 2.98. The van der Waals surface area contributed by atoms with Crippen LogP contribution in [0.3, 0.4) is 0 Å². The van der Waals surface area contributed by atoms with Gasteiger partial charge in [-0.25, -0.2) is 13.5 Å². The predicted molar refractivity (Wildman–Crippen MR) is 102 cm³/mol. The average Bonchev–Trinajstić information content (AvgIpc) is 2.71. The van der Waals surface area contributed by atoms with Gasteiger partial charge in [0.2, 0.25) is 0 Å². The van der Waals surface area contributed by atoms with Crippen LogP contribution in [0.25, 0.3) is 10.8 Å². The SMILES string of the molecule is CCN(Cc1c(F)cccc1F)Cn1nc(C(=O)NC)c2ccccc2c1=O. The maximum atomic E-state index is 14.0. The van der Waals surface area contributed by atoms with Crippen LogP contribution in [0.1, 0.15) is 23.0 Å². The van der Waals surface area contributed by atoms with Gasteiger partial charge in [0.15, 0.2) is 5.69 Å². The second-order valence-electron chi connectivity index (χ2n) is 6.26. The standard InChI is InChI=1S/C20H20F2N4O2/c1-3-25(11-15-16(21)9-6-10-17(15)22)12-26-20(28)14-8-5-4-7-13(14)18(24-26)19(27)23-2/h4-10H,3,11-12H2,1-2H3,(H,23,27). The minimum atomic E-state index is -0.650. The monoisotopic (exact) mass is 386 g/mol. The van der Waals surface area contributed by atoms with Gasteiger partial charge in [-0.05, 0) is 24.7 Å². The number of carbonyl (C=O) groups is 1. The van der Waals surface area contributed by atoms with E-state index in [0.717, 1.165) is 4.68 Å². The van der Waals surface area contributed by atoms with Gasteiger partial charge in [0.25, 0.3) is 11.5 Å². The molecule has 0 unspecified atom stereocenters. The fourth-order valence-corrected chi connectivity index (χ4v) is 2.98. The Balaban J connectivity index is 2.02. The van der Waals surface area contributed by atoms with E-state index in [9.17, 15) is 18.4 Å². The number of hydrogen-bond donors (Lipinski definition) is 1. The number of fused-ring (bicyclic) bond motifs is 1. The molecular weight excluding hydrogens is 366 g/mol. The van der Waals surface area contributed by atoms with Gasteiger partial charge in [-0.15, -0.1) is 0 Å². The summed E-state index contributed by atoms with van der Waals surface area (Å²) in [5, 5.41) is 7.52. The average molecular weight is 386 g/mol. The second-order valence-corrected chi connectivity index (χ2v) is 6.26. The van der Waals surface area contributed by atoms with Crippen molar-refractivity contribution in [1.82, 2.24) is 20.0 Å². The van der Waals surface area contributed by atoms with Crippen LogP contribution in [0, 0.1) is 11.6 Å². The van der Waals surface area contributed by atoms with E-state index < -0.39 is 17.5 Å². The maximum absolute atomic E-state index is 14.0. The van der Waals surface area contributed by atoms with Crippen molar-refractivity contribution in [1.29, 1.82) is 0 Å². The van der Waals surface area contributed by atoms with Crippen LogP contribution in [0.4, 0.5) is 8.78 Å². The number of rotatable bonds is 6. The summed E-state index contributed by atoms with van der Waals surface area (Å²) in [6.45, 7) is 2.18. The van der Waals surface area contributed by atoms with Crippen molar-refractivity contribution in [3.63, 3.8) is 0 Å². The number of nitrogens with zero attached hydrogens (tertiary/aromatic N) is 3. The Morgan fingerprint density at radius 3 is 2.36 bits per heavy atom. The van der Waals surface area contributed by atoms with Crippen LogP contribution in [-0.4, -0.2) is 34.2 Å². The normalized spacial score (nSPS) is 11.2. The molecule has 146 valence electrons. The zero-order valence-corrected chi connectivity index (χ0v) is 15.6. The van der Waals surface area contributed by atoms with Gasteiger partial charge in [-0.2, -0.15) is 5.10 Å². The molecule has 0 aliphatic carbocycles. The van der Waals surface area contributed by atoms with Crippen molar-refractivity contribution in [2.45, 2.75) is 20.1 Å². The number of carbonyl (C=O) groups excluding carboxylic acids is 1. The third kappa shape index (κ3) is 3.77. The molecule has 0 bridgehead atoms. The minimum Gasteiger partial charge on any atom is -0.354 e. The first kappa shape index (κ1) is 19.6. The van der Waals surface area contributed by atoms with Gasteiger partial charge in [-0.1, -0.05) is 31.2 Å². The van der Waals surface area contributed by atoms with Crippen molar-refractivity contribution in [2.75, 3.05) is 13.6 Å². The lowest BCUT2D eigenvalue weighted by molar-refractivity contribution is 0.0955. The summed E-state index contributed by atoms with van der Waals surface area (Å²) in [6, 6.07) is 10.4. The number of nitrogens with one attached hydrogen (secondary N) is 1. The Kier molecular flexibility index (Phi) is 5.79. The molecule has 2 aromatic carbocycles. The molecule has 3 rings (SSSR count). The number of benzene rings is 2. The predicted octanol–water partition coefficient (Wildman–Crippen LogP) is 2.51. The highest BCUT2D eigenvalue weighted by molar-refractivity contribution is 6.04. The Labute approximate surface area is 160 Å². The lowest BCUT2D eigenvalue weighted by atomic mass is 10.1. The van der Waals surface area contributed by atoms with Crippen LogP contribution < -0.4 is 10.9 Å². The lowest BCUT2D eigenvalue weighted by Crippen LogP contribution is -2.36. The first-order valence-corrected chi connectivity index (χ1v) is 8.83. The van der Waals surface area contributed by atoms with Gasteiger partial charge < -0.3 is 5.32 Å². The highest BCUT2D eigenvalue weighted by atomic mass is 19.1. The number of aromatic nitrogens is 2. The fraction of sp³-hybridized carbons (Fsp3) is 0.250. The van der Waals surface area contributed by atoms with E-state index in [4.69, 9.17) is 0 Å². The van der Waals surface area contributed by atoms with Crippen molar-refractivity contribution in [2.24, 2.45) is 0 Å². The third-order valence-corrected chi connectivity index (χ3v) is 4.53. The first-order chi connectivity index (χ1) is 13.5. The molecule has 1 heterocycles. The van der Waals surface area contributed by atoms with Crippen LogP contribution in [-0.2, 0) is 13.2 Å². The number of hydrogen-bond acceptors (Lipinski definition) is 4. The molecule has 1 N–H and O–H groups in total. The summed E-state index contributed by atoms with van der Waals surface area (Å²) in [7, 11) is 1.48. The summed E-state index contributed by atoms with van der Waals surface area (Å²) in [5.74, 6) is -1.72. The molecule has 0 radical (unpaired) electrons. The van der Waals surface area contributed by atoms with Crippen molar-refractivity contribution in [3.05, 3.63) is 75.7 Å². The van der Waals surface area contributed by atoms with Gasteiger partial charge in [0, 0.05) is 24.5 Å². The summed E-state index contributed by atoms with van der Waals surface area (Å²) in [5.41, 5.74) is -0.341. The minimum absolute atomic E-state index is 0.0159. The molecule has 0 fully saturated rings. The Hall–Kier alpha value is -3.13. The van der Waals surface area contributed by atoms with E-state index in [0.29, 0.717) is 17.3 Å². The molecule has 3 aromatic rings. The van der Waals surface area contributed by atoms with Crippen LogP contribution in [0.5, 0.6) is 0 Å². The molecule has 8 heteroatoms. The number of halogens is 2. The molecule has 0 aliphatic rings. The van der Waals surface area contributed by atoms with Crippen LogP contribution in [0.15, 0.2) is 47.3 Å².